The number of amidine groups is 2. The number of aliphatic imine (C=N–C) groups is 2. The number of hydrogen-bond donors (Lipinski definition) is 2. The summed E-state index contributed by atoms with van der Waals surface area (Å²) in [5, 5.41) is 9.48. The SMILES string of the molecule is Cc1ccc(-c2ccccc2N(CC2=NCCN2)OC(=O)/C=C/C(=O)ON(CC2=NCCN2)c2ccccc2-c2ccc(C)n2C)n1C. The quantitative estimate of drug-likeness (QED) is 0.174. The highest BCUT2D eigenvalue weighted by Gasteiger charge is 2.23. The predicted octanol–water partition coefficient (Wildman–Crippen LogP) is 4.10. The van der Waals surface area contributed by atoms with E-state index in [1.54, 1.807) is 0 Å². The van der Waals surface area contributed by atoms with Crippen molar-refractivity contribution in [2.75, 3.05) is 49.4 Å². The van der Waals surface area contributed by atoms with Crippen molar-refractivity contribution in [3.8, 4) is 22.5 Å². The largest absolute Gasteiger partial charge is 0.370 e. The second-order valence-electron chi connectivity index (χ2n) is 11.6. The molecule has 0 radical (unpaired) electrons. The van der Waals surface area contributed by atoms with Gasteiger partial charge in [0.15, 0.2) is 0 Å². The van der Waals surface area contributed by atoms with Crippen molar-refractivity contribution in [2.45, 2.75) is 13.8 Å². The van der Waals surface area contributed by atoms with E-state index in [1.807, 2.05) is 101 Å². The number of anilines is 2. The number of hydroxylamine groups is 2. The summed E-state index contributed by atoms with van der Waals surface area (Å²) in [5.41, 5.74) is 7.26. The average Bonchev–Trinajstić information content (AvgIpc) is 3.92. The summed E-state index contributed by atoms with van der Waals surface area (Å²) in [7, 11) is 3.99. The molecule has 2 aliphatic rings. The first kappa shape index (κ1) is 32.2. The van der Waals surface area contributed by atoms with E-state index in [0.717, 1.165) is 46.1 Å². The Kier molecular flexibility index (Phi) is 9.60. The van der Waals surface area contributed by atoms with E-state index < -0.39 is 11.9 Å². The molecule has 12 heteroatoms. The van der Waals surface area contributed by atoms with Gasteiger partial charge >= 0.3 is 11.9 Å². The van der Waals surface area contributed by atoms with Crippen molar-refractivity contribution in [3.05, 3.63) is 96.3 Å². The standard InChI is InChI=1S/C36H40N8O4/c1-25-13-15-29(41(25)3)27-9-5-7-11-31(27)43(23-33-37-19-20-38-33)47-35(45)17-18-36(46)48-44(24-34-39-21-22-40-34)32-12-8-6-10-28(32)30-16-14-26(2)42(30)4/h5-18H,19-24H2,1-4H3,(H,37,38)(H,39,40)/b18-17+. The highest BCUT2D eigenvalue weighted by Crippen LogP contribution is 2.33. The number of hydrogen-bond acceptors (Lipinski definition) is 10. The Morgan fingerprint density at radius 2 is 1.10 bits per heavy atom. The van der Waals surface area contributed by atoms with E-state index in [9.17, 15) is 9.59 Å². The summed E-state index contributed by atoms with van der Waals surface area (Å²) >= 11 is 0. The number of rotatable bonds is 12. The lowest BCUT2D eigenvalue weighted by Gasteiger charge is -2.26. The first-order valence-electron chi connectivity index (χ1n) is 15.9. The molecule has 0 saturated carbocycles. The number of nitrogens with zero attached hydrogens (tertiary/aromatic N) is 6. The van der Waals surface area contributed by atoms with Gasteiger partial charge in [-0.25, -0.2) is 9.59 Å². The van der Waals surface area contributed by atoms with Crippen LogP contribution in [0.1, 0.15) is 11.4 Å². The molecule has 0 unspecified atom stereocenters. The van der Waals surface area contributed by atoms with Gasteiger partial charge in [0.1, 0.15) is 24.8 Å². The molecule has 0 amide bonds. The maximum absolute atomic E-state index is 13.3. The first-order valence-corrected chi connectivity index (χ1v) is 15.9. The Balaban J connectivity index is 1.22. The summed E-state index contributed by atoms with van der Waals surface area (Å²) in [5.74, 6) is -0.0709. The van der Waals surface area contributed by atoms with Crippen LogP contribution >= 0.6 is 0 Å². The Morgan fingerprint density at radius 3 is 1.46 bits per heavy atom. The van der Waals surface area contributed by atoms with Gasteiger partial charge < -0.3 is 29.4 Å². The second kappa shape index (κ2) is 14.3. The first-order chi connectivity index (χ1) is 23.3. The van der Waals surface area contributed by atoms with E-state index in [-0.39, 0.29) is 13.1 Å². The molecule has 2 aromatic heterocycles. The second-order valence-corrected chi connectivity index (χ2v) is 11.6. The van der Waals surface area contributed by atoms with Gasteiger partial charge in [-0.2, -0.15) is 10.1 Å². The minimum atomic E-state index is -0.739. The lowest BCUT2D eigenvalue weighted by atomic mass is 10.1. The van der Waals surface area contributed by atoms with Crippen LogP contribution in [0.15, 0.2) is 94.9 Å². The fraction of sp³-hybridized carbons (Fsp3) is 0.278. The van der Waals surface area contributed by atoms with E-state index >= 15 is 0 Å². The zero-order valence-corrected chi connectivity index (χ0v) is 27.6. The van der Waals surface area contributed by atoms with Gasteiger partial charge in [0.2, 0.25) is 0 Å². The summed E-state index contributed by atoms with van der Waals surface area (Å²) < 4.78 is 4.16. The van der Waals surface area contributed by atoms with Crippen LogP contribution in [-0.2, 0) is 33.4 Å². The molecule has 0 spiro atoms. The molecule has 2 N–H and O–H groups in total. The van der Waals surface area contributed by atoms with Gasteiger partial charge in [0, 0.05) is 61.9 Å². The fourth-order valence-electron chi connectivity index (χ4n) is 5.71. The van der Waals surface area contributed by atoms with Crippen LogP contribution in [0.3, 0.4) is 0 Å². The number of benzene rings is 2. The maximum Gasteiger partial charge on any atom is 0.356 e. The summed E-state index contributed by atoms with van der Waals surface area (Å²) in [6, 6.07) is 23.5. The van der Waals surface area contributed by atoms with E-state index in [4.69, 9.17) is 9.68 Å². The highest BCUT2D eigenvalue weighted by molar-refractivity contribution is 5.95. The van der Waals surface area contributed by atoms with E-state index in [0.29, 0.717) is 49.2 Å². The monoisotopic (exact) mass is 648 g/mol. The predicted molar refractivity (Wildman–Crippen MR) is 188 cm³/mol. The Bertz CT molecular complexity index is 1770. The molecule has 0 fully saturated rings. The van der Waals surface area contributed by atoms with Crippen molar-refractivity contribution in [3.63, 3.8) is 0 Å². The van der Waals surface area contributed by atoms with Crippen LogP contribution in [-0.4, -0.2) is 72.0 Å². The van der Waals surface area contributed by atoms with Crippen LogP contribution in [0.4, 0.5) is 11.4 Å². The molecule has 0 saturated heterocycles. The topological polar surface area (TPSA) is 118 Å². The average molecular weight is 649 g/mol. The smallest absolute Gasteiger partial charge is 0.356 e. The molecule has 4 aromatic rings. The lowest BCUT2D eigenvalue weighted by Crippen LogP contribution is -2.37. The summed E-state index contributed by atoms with van der Waals surface area (Å²) in [6.07, 6.45) is 2.15. The van der Waals surface area contributed by atoms with Crippen molar-refractivity contribution < 1.29 is 19.3 Å². The summed E-state index contributed by atoms with van der Waals surface area (Å²) in [6.45, 7) is 7.21. The molecule has 248 valence electrons. The third kappa shape index (κ3) is 7.12. The molecule has 2 aliphatic heterocycles. The molecule has 6 rings (SSSR count). The number of nitrogens with one attached hydrogen (secondary N) is 2. The van der Waals surface area contributed by atoms with Gasteiger partial charge in [-0.05, 0) is 50.2 Å². The van der Waals surface area contributed by atoms with Gasteiger partial charge in [0.25, 0.3) is 0 Å². The zero-order valence-electron chi connectivity index (χ0n) is 27.6. The van der Waals surface area contributed by atoms with Crippen LogP contribution in [0.25, 0.3) is 22.5 Å². The van der Waals surface area contributed by atoms with Crippen LogP contribution < -0.4 is 20.8 Å². The summed E-state index contributed by atoms with van der Waals surface area (Å²) in [4.78, 5) is 47.3. The van der Waals surface area contributed by atoms with Crippen LogP contribution in [0.2, 0.25) is 0 Å². The third-order valence-corrected chi connectivity index (χ3v) is 8.47. The molecule has 12 nitrogen and oxygen atoms in total. The highest BCUT2D eigenvalue weighted by atomic mass is 16.7. The van der Waals surface area contributed by atoms with Gasteiger partial charge in [-0.15, -0.1) is 0 Å². The van der Waals surface area contributed by atoms with Crippen molar-refractivity contribution in [2.24, 2.45) is 24.1 Å². The Morgan fingerprint density at radius 1 is 0.688 bits per heavy atom. The lowest BCUT2D eigenvalue weighted by molar-refractivity contribution is -0.141. The number of para-hydroxylation sites is 2. The minimum absolute atomic E-state index is 0.211. The number of carbonyl (C=O) groups excluding carboxylic acids is 2. The Labute approximate surface area is 279 Å². The maximum atomic E-state index is 13.3. The van der Waals surface area contributed by atoms with Crippen molar-refractivity contribution in [1.29, 1.82) is 0 Å². The van der Waals surface area contributed by atoms with Crippen LogP contribution in [0, 0.1) is 13.8 Å². The van der Waals surface area contributed by atoms with Gasteiger partial charge in [-0.3, -0.25) is 9.98 Å². The molecule has 0 aliphatic carbocycles. The molecule has 2 aromatic carbocycles. The molecule has 0 atom stereocenters. The zero-order chi connectivity index (χ0) is 33.6. The third-order valence-electron chi connectivity index (χ3n) is 8.47. The van der Waals surface area contributed by atoms with E-state index in [1.165, 1.54) is 10.1 Å². The molecule has 0 bridgehead atoms. The number of aromatic nitrogens is 2. The number of carbonyl (C=O) groups is 2. The fourth-order valence-corrected chi connectivity index (χ4v) is 5.71. The minimum Gasteiger partial charge on any atom is -0.370 e. The molecular formula is C36H40N8O4. The van der Waals surface area contributed by atoms with Crippen LogP contribution in [0.5, 0.6) is 0 Å². The molecular weight excluding hydrogens is 608 g/mol. The van der Waals surface area contributed by atoms with Crippen molar-refractivity contribution >= 4 is 35.0 Å². The molecule has 48 heavy (non-hydrogen) atoms. The normalized spacial score (nSPS) is 13.9. The molecule has 4 heterocycles. The van der Waals surface area contributed by atoms with Crippen molar-refractivity contribution in [1.82, 2.24) is 19.8 Å². The Hall–Kier alpha value is -5.78. The van der Waals surface area contributed by atoms with E-state index in [2.05, 4.69) is 29.8 Å². The number of aryl methyl sites for hydroxylation is 2. The van der Waals surface area contributed by atoms with Gasteiger partial charge in [-0.1, -0.05) is 36.4 Å². The van der Waals surface area contributed by atoms with Gasteiger partial charge in [0.05, 0.1) is 35.9 Å².